The van der Waals surface area contributed by atoms with Crippen LogP contribution in [0.3, 0.4) is 0 Å². The van der Waals surface area contributed by atoms with E-state index in [1.165, 1.54) is 12.1 Å². The maximum Gasteiger partial charge on any atom is 0.387 e. The van der Waals surface area contributed by atoms with Crippen LogP contribution in [-0.2, 0) is 11.3 Å². The van der Waals surface area contributed by atoms with Gasteiger partial charge in [-0.25, -0.2) is 0 Å². The number of ether oxygens (including phenoxy) is 1. The van der Waals surface area contributed by atoms with Gasteiger partial charge in [0.25, 0.3) is 5.91 Å². The average molecular weight is 395 g/mol. The minimum absolute atomic E-state index is 0.0134. The third kappa shape index (κ3) is 4.74. The molecule has 5 nitrogen and oxygen atoms in total. The van der Waals surface area contributed by atoms with Crippen molar-refractivity contribution in [2.75, 3.05) is 11.4 Å². The number of nitrogens with one attached hydrogen (secondary N) is 1. The maximum atomic E-state index is 12.4. The molecule has 1 saturated heterocycles. The van der Waals surface area contributed by atoms with Crippen LogP contribution in [0.2, 0.25) is 5.02 Å². The summed E-state index contributed by atoms with van der Waals surface area (Å²) >= 11 is 6.18. The van der Waals surface area contributed by atoms with Crippen LogP contribution in [0.25, 0.3) is 0 Å². The molecular formula is C19H17ClF2N2O3. The molecule has 2 aromatic rings. The van der Waals surface area contributed by atoms with Crippen molar-refractivity contribution in [3.63, 3.8) is 0 Å². The van der Waals surface area contributed by atoms with Crippen molar-refractivity contribution in [1.82, 2.24) is 5.32 Å². The number of anilines is 1. The number of benzene rings is 2. The van der Waals surface area contributed by atoms with Crippen LogP contribution in [0.1, 0.15) is 28.8 Å². The van der Waals surface area contributed by atoms with E-state index in [4.69, 9.17) is 11.6 Å². The fourth-order valence-corrected chi connectivity index (χ4v) is 3.06. The molecule has 1 heterocycles. The number of carbonyl (C=O) groups excluding carboxylic acids is 2. The Morgan fingerprint density at radius 3 is 2.59 bits per heavy atom. The monoisotopic (exact) mass is 394 g/mol. The molecule has 0 unspecified atom stereocenters. The molecule has 2 amide bonds. The molecule has 1 aliphatic rings. The highest BCUT2D eigenvalue weighted by Gasteiger charge is 2.24. The first-order chi connectivity index (χ1) is 12.9. The summed E-state index contributed by atoms with van der Waals surface area (Å²) in [5, 5.41) is 3.16. The van der Waals surface area contributed by atoms with Gasteiger partial charge in [0.15, 0.2) is 0 Å². The highest BCUT2D eigenvalue weighted by Crippen LogP contribution is 2.30. The van der Waals surface area contributed by atoms with Crippen LogP contribution in [0.5, 0.6) is 5.75 Å². The number of alkyl halides is 2. The van der Waals surface area contributed by atoms with Gasteiger partial charge in [0.1, 0.15) is 5.75 Å². The SMILES string of the molecule is O=C(NCc1ccc(OC(F)F)cc1)c1ccc(Cl)c(N2CCCC2=O)c1. The van der Waals surface area contributed by atoms with E-state index in [1.54, 1.807) is 35.2 Å². The summed E-state index contributed by atoms with van der Waals surface area (Å²) in [6, 6.07) is 10.8. The Bertz CT molecular complexity index is 843. The number of hydrogen-bond donors (Lipinski definition) is 1. The first-order valence-electron chi connectivity index (χ1n) is 8.36. The minimum Gasteiger partial charge on any atom is -0.435 e. The smallest absolute Gasteiger partial charge is 0.387 e. The zero-order valence-electron chi connectivity index (χ0n) is 14.3. The highest BCUT2D eigenvalue weighted by molar-refractivity contribution is 6.34. The van der Waals surface area contributed by atoms with Gasteiger partial charge in [-0.1, -0.05) is 23.7 Å². The molecule has 1 fully saturated rings. The molecule has 2 aromatic carbocycles. The van der Waals surface area contributed by atoms with Gasteiger partial charge < -0.3 is 15.0 Å². The Balaban J connectivity index is 1.65. The normalized spacial score (nSPS) is 13.9. The largest absolute Gasteiger partial charge is 0.435 e. The van der Waals surface area contributed by atoms with E-state index in [0.29, 0.717) is 29.2 Å². The second kappa shape index (κ2) is 8.35. The lowest BCUT2D eigenvalue weighted by atomic mass is 10.1. The third-order valence-corrected chi connectivity index (χ3v) is 4.49. The fraction of sp³-hybridized carbons (Fsp3) is 0.263. The highest BCUT2D eigenvalue weighted by atomic mass is 35.5. The number of halogens is 3. The van der Waals surface area contributed by atoms with Crippen molar-refractivity contribution in [1.29, 1.82) is 0 Å². The summed E-state index contributed by atoms with van der Waals surface area (Å²) in [5.41, 5.74) is 1.64. The Labute approximate surface area is 159 Å². The van der Waals surface area contributed by atoms with E-state index < -0.39 is 6.61 Å². The summed E-state index contributed by atoms with van der Waals surface area (Å²) in [7, 11) is 0. The van der Waals surface area contributed by atoms with E-state index in [9.17, 15) is 18.4 Å². The molecule has 0 spiro atoms. The molecule has 3 rings (SSSR count). The van der Waals surface area contributed by atoms with E-state index in [1.807, 2.05) is 0 Å². The summed E-state index contributed by atoms with van der Waals surface area (Å²) < 4.78 is 28.6. The third-order valence-electron chi connectivity index (χ3n) is 4.17. The van der Waals surface area contributed by atoms with E-state index in [2.05, 4.69) is 10.1 Å². The quantitative estimate of drug-likeness (QED) is 0.805. The van der Waals surface area contributed by atoms with Crippen molar-refractivity contribution in [3.8, 4) is 5.75 Å². The van der Waals surface area contributed by atoms with Gasteiger partial charge in [-0.3, -0.25) is 9.59 Å². The van der Waals surface area contributed by atoms with Gasteiger partial charge in [-0.15, -0.1) is 0 Å². The summed E-state index contributed by atoms with van der Waals surface area (Å²) in [5.74, 6) is -0.286. The zero-order chi connectivity index (χ0) is 19.4. The van der Waals surface area contributed by atoms with E-state index in [-0.39, 0.29) is 24.1 Å². The molecule has 1 aliphatic heterocycles. The first kappa shape index (κ1) is 19.1. The number of rotatable bonds is 6. The van der Waals surface area contributed by atoms with E-state index >= 15 is 0 Å². The van der Waals surface area contributed by atoms with Crippen molar-refractivity contribution in [2.24, 2.45) is 0 Å². The summed E-state index contributed by atoms with van der Waals surface area (Å²) in [4.78, 5) is 25.9. The van der Waals surface area contributed by atoms with Crippen molar-refractivity contribution in [2.45, 2.75) is 26.0 Å². The van der Waals surface area contributed by atoms with Crippen LogP contribution in [0, 0.1) is 0 Å². The minimum atomic E-state index is -2.88. The van der Waals surface area contributed by atoms with Crippen molar-refractivity contribution in [3.05, 3.63) is 58.6 Å². The Hall–Kier alpha value is -2.67. The Morgan fingerprint density at radius 1 is 1.22 bits per heavy atom. The molecule has 8 heteroatoms. The lowest BCUT2D eigenvalue weighted by molar-refractivity contribution is -0.117. The predicted molar refractivity (Wildman–Crippen MR) is 97.3 cm³/mol. The molecule has 0 bridgehead atoms. The molecule has 1 N–H and O–H groups in total. The number of carbonyl (C=O) groups is 2. The molecule has 0 aromatic heterocycles. The van der Waals surface area contributed by atoms with Gasteiger partial charge in [-0.2, -0.15) is 8.78 Å². The lowest BCUT2D eigenvalue weighted by Crippen LogP contribution is -2.26. The van der Waals surface area contributed by atoms with Crippen molar-refractivity contribution < 1.29 is 23.1 Å². The van der Waals surface area contributed by atoms with Crippen LogP contribution in [0.4, 0.5) is 14.5 Å². The molecule has 0 saturated carbocycles. The second-order valence-corrected chi connectivity index (χ2v) is 6.43. The van der Waals surface area contributed by atoms with Gasteiger partial charge in [-0.05, 0) is 42.3 Å². The lowest BCUT2D eigenvalue weighted by Gasteiger charge is -2.18. The van der Waals surface area contributed by atoms with Gasteiger partial charge in [0.2, 0.25) is 5.91 Å². The Morgan fingerprint density at radius 2 is 1.96 bits per heavy atom. The van der Waals surface area contributed by atoms with Gasteiger partial charge in [0.05, 0.1) is 10.7 Å². The molecule has 0 aliphatic carbocycles. The zero-order valence-corrected chi connectivity index (χ0v) is 15.0. The summed E-state index contributed by atoms with van der Waals surface area (Å²) in [6.07, 6.45) is 1.23. The molecule has 0 radical (unpaired) electrons. The number of hydrogen-bond acceptors (Lipinski definition) is 3. The predicted octanol–water partition coefficient (Wildman–Crippen LogP) is 4.00. The van der Waals surface area contributed by atoms with Gasteiger partial charge in [0, 0.05) is 25.1 Å². The van der Waals surface area contributed by atoms with Crippen LogP contribution in [-0.4, -0.2) is 25.0 Å². The molecular weight excluding hydrogens is 378 g/mol. The Kier molecular flexibility index (Phi) is 5.91. The molecule has 142 valence electrons. The van der Waals surface area contributed by atoms with Crippen molar-refractivity contribution >= 4 is 29.1 Å². The number of nitrogens with zero attached hydrogens (tertiary/aromatic N) is 1. The maximum absolute atomic E-state index is 12.4. The summed E-state index contributed by atoms with van der Waals surface area (Å²) in [6.45, 7) is -2.08. The standard InChI is InChI=1S/C19H17ClF2N2O3/c20-15-8-5-13(10-16(15)24-9-1-2-17(24)25)18(26)23-11-12-3-6-14(7-4-12)27-19(21)22/h3-8,10,19H,1-2,9,11H2,(H,23,26). The van der Waals surface area contributed by atoms with Crippen LogP contribution in [0.15, 0.2) is 42.5 Å². The van der Waals surface area contributed by atoms with E-state index in [0.717, 1.165) is 12.0 Å². The van der Waals surface area contributed by atoms with Crippen LogP contribution < -0.4 is 15.0 Å². The number of amides is 2. The molecule has 27 heavy (non-hydrogen) atoms. The van der Waals surface area contributed by atoms with Gasteiger partial charge >= 0.3 is 6.61 Å². The average Bonchev–Trinajstić information content (AvgIpc) is 3.06. The molecule has 0 atom stereocenters. The fourth-order valence-electron chi connectivity index (χ4n) is 2.84. The second-order valence-electron chi connectivity index (χ2n) is 6.02. The van der Waals surface area contributed by atoms with Crippen LogP contribution >= 0.6 is 11.6 Å². The first-order valence-corrected chi connectivity index (χ1v) is 8.73. The topological polar surface area (TPSA) is 58.6 Å².